The highest BCUT2D eigenvalue weighted by atomic mass is 19.1. The summed E-state index contributed by atoms with van der Waals surface area (Å²) in [6.07, 6.45) is 0. The first kappa shape index (κ1) is 14.0. The predicted molar refractivity (Wildman–Crippen MR) is 69.1 cm³/mol. The number of anilines is 1. The zero-order valence-electron chi connectivity index (χ0n) is 10.4. The van der Waals surface area contributed by atoms with Crippen LogP contribution in [-0.4, -0.2) is 5.84 Å². The van der Waals surface area contributed by atoms with Crippen molar-refractivity contribution in [1.82, 2.24) is 0 Å². The highest BCUT2D eigenvalue weighted by molar-refractivity contribution is 5.95. The normalized spacial score (nSPS) is 11.6. The van der Waals surface area contributed by atoms with Crippen LogP contribution in [0.5, 0.6) is 0 Å². The summed E-state index contributed by atoms with van der Waals surface area (Å²) in [6, 6.07) is 6.60. The average Bonchev–Trinajstić information content (AvgIpc) is 2.39. The molecule has 2 rings (SSSR count). The van der Waals surface area contributed by atoms with Crippen LogP contribution in [0.2, 0.25) is 0 Å². The van der Waals surface area contributed by atoms with Crippen molar-refractivity contribution < 1.29 is 17.6 Å². The maximum atomic E-state index is 13.4. The quantitative estimate of drug-likeness (QED) is 0.492. The van der Waals surface area contributed by atoms with E-state index in [-0.39, 0.29) is 5.84 Å². The Morgan fingerprint density at radius 2 is 1.30 bits per heavy atom. The summed E-state index contributed by atoms with van der Waals surface area (Å²) in [5.74, 6) is -3.42. The van der Waals surface area contributed by atoms with Crippen molar-refractivity contribution in [2.75, 3.05) is 5.32 Å². The second kappa shape index (κ2) is 5.73. The van der Waals surface area contributed by atoms with Crippen molar-refractivity contribution in [3.8, 4) is 0 Å². The zero-order chi connectivity index (χ0) is 14.7. The van der Waals surface area contributed by atoms with Gasteiger partial charge in [-0.05, 0) is 31.2 Å². The van der Waals surface area contributed by atoms with Gasteiger partial charge >= 0.3 is 0 Å². The molecule has 0 aliphatic carbocycles. The van der Waals surface area contributed by atoms with E-state index in [0.29, 0.717) is 0 Å². The van der Waals surface area contributed by atoms with Gasteiger partial charge in [0.15, 0.2) is 11.6 Å². The van der Waals surface area contributed by atoms with Gasteiger partial charge in [0.1, 0.15) is 28.8 Å². The lowest BCUT2D eigenvalue weighted by Gasteiger charge is -2.08. The van der Waals surface area contributed by atoms with Crippen LogP contribution in [0.3, 0.4) is 0 Å². The lowest BCUT2D eigenvalue weighted by molar-refractivity contribution is 0.587. The molecule has 0 aromatic heterocycles. The number of nitrogens with zero attached hydrogens (tertiary/aromatic N) is 1. The Morgan fingerprint density at radius 1 is 0.850 bits per heavy atom. The summed E-state index contributed by atoms with van der Waals surface area (Å²) >= 11 is 0. The molecule has 0 aliphatic rings. The first-order valence-corrected chi connectivity index (χ1v) is 5.69. The van der Waals surface area contributed by atoms with E-state index in [1.54, 1.807) is 0 Å². The van der Waals surface area contributed by atoms with Crippen molar-refractivity contribution in [2.24, 2.45) is 4.99 Å². The van der Waals surface area contributed by atoms with Gasteiger partial charge in [-0.15, -0.1) is 0 Å². The van der Waals surface area contributed by atoms with Gasteiger partial charge in [-0.25, -0.2) is 22.6 Å². The Hall–Kier alpha value is -2.37. The summed E-state index contributed by atoms with van der Waals surface area (Å²) in [5.41, 5.74) is -0.945. The van der Waals surface area contributed by atoms with Crippen LogP contribution in [0.4, 0.5) is 28.9 Å². The fraction of sp³-hybridized carbons (Fsp3) is 0.0714. The number of aliphatic imine (C=N–C) groups is 1. The SMILES string of the molecule is CC(=Nc1c(F)cccc1F)Nc1c(F)cccc1F. The molecule has 0 atom stereocenters. The van der Waals surface area contributed by atoms with Crippen molar-refractivity contribution in [1.29, 1.82) is 0 Å². The molecule has 2 nitrogen and oxygen atoms in total. The molecule has 2 aromatic rings. The summed E-state index contributed by atoms with van der Waals surface area (Å²) in [6.45, 7) is 1.34. The number of hydrogen-bond donors (Lipinski definition) is 1. The third-order valence-electron chi connectivity index (χ3n) is 2.49. The van der Waals surface area contributed by atoms with Gasteiger partial charge in [-0.2, -0.15) is 0 Å². The van der Waals surface area contributed by atoms with Gasteiger partial charge < -0.3 is 5.32 Å². The molecule has 20 heavy (non-hydrogen) atoms. The van der Waals surface area contributed by atoms with Crippen LogP contribution in [0, 0.1) is 23.3 Å². The van der Waals surface area contributed by atoms with Gasteiger partial charge in [0, 0.05) is 0 Å². The zero-order valence-corrected chi connectivity index (χ0v) is 10.4. The van der Waals surface area contributed by atoms with Crippen LogP contribution in [0.15, 0.2) is 41.4 Å². The Balaban J connectivity index is 2.33. The second-order valence-electron chi connectivity index (χ2n) is 3.99. The molecule has 0 saturated carbocycles. The topological polar surface area (TPSA) is 24.4 Å². The first-order chi connectivity index (χ1) is 9.49. The predicted octanol–water partition coefficient (Wildman–Crippen LogP) is 4.41. The monoisotopic (exact) mass is 282 g/mol. The molecule has 6 heteroatoms. The summed E-state index contributed by atoms with van der Waals surface area (Å²) in [7, 11) is 0. The largest absolute Gasteiger partial charge is 0.339 e. The van der Waals surface area contributed by atoms with Gasteiger partial charge in [0.25, 0.3) is 0 Å². The third-order valence-corrected chi connectivity index (χ3v) is 2.49. The molecule has 0 unspecified atom stereocenters. The minimum atomic E-state index is -0.861. The fourth-order valence-corrected chi connectivity index (χ4v) is 1.59. The molecule has 0 fully saturated rings. The molecular formula is C14H10F4N2. The summed E-state index contributed by atoms with van der Waals surface area (Å²) in [5, 5.41) is 2.35. The molecule has 0 radical (unpaired) electrons. The molecule has 2 aromatic carbocycles. The minimum absolute atomic E-state index is 0.0435. The van der Waals surface area contributed by atoms with Crippen molar-refractivity contribution in [3.05, 3.63) is 59.7 Å². The maximum Gasteiger partial charge on any atom is 0.151 e. The molecular weight excluding hydrogens is 272 g/mol. The lowest BCUT2D eigenvalue weighted by Crippen LogP contribution is -2.10. The van der Waals surface area contributed by atoms with Crippen molar-refractivity contribution >= 4 is 17.2 Å². The van der Waals surface area contributed by atoms with Crippen LogP contribution in [0.1, 0.15) is 6.92 Å². The van der Waals surface area contributed by atoms with Crippen molar-refractivity contribution in [3.63, 3.8) is 0 Å². The van der Waals surface area contributed by atoms with Crippen LogP contribution in [-0.2, 0) is 0 Å². The number of benzene rings is 2. The molecule has 0 saturated heterocycles. The first-order valence-electron chi connectivity index (χ1n) is 5.69. The van der Waals surface area contributed by atoms with E-state index in [4.69, 9.17) is 0 Å². The van der Waals surface area contributed by atoms with Crippen LogP contribution < -0.4 is 5.32 Å². The molecule has 0 heterocycles. The number of hydrogen-bond acceptors (Lipinski definition) is 1. The van der Waals surface area contributed by atoms with E-state index in [9.17, 15) is 17.6 Å². The van der Waals surface area contributed by atoms with E-state index < -0.39 is 34.6 Å². The van der Waals surface area contributed by atoms with E-state index in [2.05, 4.69) is 10.3 Å². The standard InChI is InChI=1S/C14H10F4N2/c1-8(19-13-9(15)4-2-5-10(13)16)20-14-11(17)6-3-7-12(14)18/h2-7H,1H3,(H,19,20). The van der Waals surface area contributed by atoms with Gasteiger partial charge in [0.05, 0.1) is 0 Å². The molecule has 0 spiro atoms. The van der Waals surface area contributed by atoms with Gasteiger partial charge in [0.2, 0.25) is 0 Å². The van der Waals surface area contributed by atoms with Crippen LogP contribution >= 0.6 is 0 Å². The number of rotatable bonds is 2. The average molecular weight is 282 g/mol. The Bertz CT molecular complexity index is 628. The molecule has 0 bridgehead atoms. The summed E-state index contributed by atoms with van der Waals surface area (Å²) in [4.78, 5) is 3.66. The van der Waals surface area contributed by atoms with E-state index in [1.807, 2.05) is 0 Å². The summed E-state index contributed by atoms with van der Waals surface area (Å²) < 4.78 is 53.6. The molecule has 104 valence electrons. The number of halogens is 4. The highest BCUT2D eigenvalue weighted by Crippen LogP contribution is 2.23. The Kier molecular flexibility index (Phi) is 4.02. The van der Waals surface area contributed by atoms with Crippen LogP contribution in [0.25, 0.3) is 0 Å². The maximum absolute atomic E-state index is 13.4. The van der Waals surface area contributed by atoms with Gasteiger partial charge in [-0.3, -0.25) is 0 Å². The Labute approximate surface area is 112 Å². The molecule has 1 N–H and O–H groups in total. The highest BCUT2D eigenvalue weighted by Gasteiger charge is 2.11. The van der Waals surface area contributed by atoms with E-state index in [1.165, 1.54) is 19.1 Å². The Morgan fingerprint density at radius 3 is 1.80 bits per heavy atom. The number of amidine groups is 1. The lowest BCUT2D eigenvalue weighted by atomic mass is 10.3. The number of nitrogens with one attached hydrogen (secondary N) is 1. The van der Waals surface area contributed by atoms with E-state index in [0.717, 1.165) is 24.3 Å². The smallest absolute Gasteiger partial charge is 0.151 e. The third kappa shape index (κ3) is 2.96. The van der Waals surface area contributed by atoms with E-state index >= 15 is 0 Å². The molecule has 0 amide bonds. The molecule has 0 aliphatic heterocycles. The number of para-hydroxylation sites is 2. The van der Waals surface area contributed by atoms with Crippen molar-refractivity contribution in [2.45, 2.75) is 6.92 Å². The minimum Gasteiger partial charge on any atom is -0.339 e. The fourth-order valence-electron chi connectivity index (χ4n) is 1.59. The van der Waals surface area contributed by atoms with Gasteiger partial charge in [-0.1, -0.05) is 12.1 Å². The second-order valence-corrected chi connectivity index (χ2v) is 3.99.